The van der Waals surface area contributed by atoms with Crippen LogP contribution in [0.1, 0.15) is 5.56 Å². The van der Waals surface area contributed by atoms with Gasteiger partial charge in [0.2, 0.25) is 10.0 Å². The molecule has 0 radical (unpaired) electrons. The molecule has 0 unspecified atom stereocenters. The Balaban J connectivity index is 1.52. The van der Waals surface area contributed by atoms with Gasteiger partial charge in [-0.05, 0) is 30.3 Å². The lowest BCUT2D eigenvalue weighted by Crippen LogP contribution is -2.48. The molecule has 1 aliphatic heterocycles. The number of anilines is 1. The number of nitrogens with one attached hydrogen (secondary N) is 1. The summed E-state index contributed by atoms with van der Waals surface area (Å²) in [5.41, 5.74) is 0.181. The van der Waals surface area contributed by atoms with Gasteiger partial charge in [0.05, 0.1) is 16.0 Å². The molecule has 0 saturated carbocycles. The zero-order chi connectivity index (χ0) is 20.8. The number of hydrogen-bond donors (Lipinski definition) is 1. The van der Waals surface area contributed by atoms with Gasteiger partial charge in [-0.25, -0.2) is 13.2 Å². The fourth-order valence-electron chi connectivity index (χ4n) is 3.30. The molecule has 2 aromatic carbocycles. The highest BCUT2D eigenvalue weighted by Crippen LogP contribution is 2.32. The SMILES string of the molecule is O=c1[nH]c2ccc(S(=O)(=O)N3CCN(c4cccc(C(F)(F)F)c4)CC3)cc2o1. The maximum absolute atomic E-state index is 12.9. The number of sulfonamides is 1. The van der Waals surface area contributed by atoms with Gasteiger partial charge in [0.1, 0.15) is 0 Å². The Morgan fingerprint density at radius 2 is 1.72 bits per heavy atom. The zero-order valence-electron chi connectivity index (χ0n) is 14.9. The second-order valence-electron chi connectivity index (χ2n) is 6.61. The van der Waals surface area contributed by atoms with Crippen molar-refractivity contribution in [3.63, 3.8) is 0 Å². The van der Waals surface area contributed by atoms with Crippen LogP contribution in [0.2, 0.25) is 0 Å². The second kappa shape index (κ2) is 6.92. The van der Waals surface area contributed by atoms with Crippen LogP contribution in [0, 0.1) is 0 Å². The van der Waals surface area contributed by atoms with Crippen LogP contribution in [0.3, 0.4) is 0 Å². The Kier molecular flexibility index (Phi) is 4.66. The van der Waals surface area contributed by atoms with Gasteiger partial charge in [-0.15, -0.1) is 0 Å². The first-order chi connectivity index (χ1) is 13.6. The largest absolute Gasteiger partial charge is 0.417 e. The average Bonchev–Trinajstić information content (AvgIpc) is 3.07. The fraction of sp³-hybridized carbons (Fsp3) is 0.278. The summed E-state index contributed by atoms with van der Waals surface area (Å²) in [5, 5.41) is 0. The smallest absolute Gasteiger partial charge is 0.408 e. The number of benzene rings is 2. The van der Waals surface area contributed by atoms with Crippen molar-refractivity contribution in [3.8, 4) is 0 Å². The highest BCUT2D eigenvalue weighted by Gasteiger charge is 2.32. The molecule has 4 rings (SSSR count). The van der Waals surface area contributed by atoms with Gasteiger partial charge in [-0.3, -0.25) is 4.98 Å². The monoisotopic (exact) mass is 427 g/mol. The predicted octanol–water partition coefficient (Wildman–Crippen LogP) is 2.65. The van der Waals surface area contributed by atoms with E-state index in [9.17, 15) is 26.4 Å². The third kappa shape index (κ3) is 3.75. The number of rotatable bonds is 3. The third-order valence-corrected chi connectivity index (χ3v) is 6.70. The standard InChI is InChI=1S/C18H16F3N3O4S/c19-18(20,21)12-2-1-3-13(10-12)23-6-8-24(9-7-23)29(26,27)14-4-5-15-16(11-14)28-17(25)22-15/h1-5,10-11H,6-9H2,(H,22,25). The molecule has 1 N–H and O–H groups in total. The Morgan fingerprint density at radius 3 is 2.41 bits per heavy atom. The number of aromatic nitrogens is 1. The average molecular weight is 427 g/mol. The molecule has 0 aliphatic carbocycles. The number of aromatic amines is 1. The summed E-state index contributed by atoms with van der Waals surface area (Å²) >= 11 is 0. The van der Waals surface area contributed by atoms with E-state index in [4.69, 9.17) is 4.42 Å². The van der Waals surface area contributed by atoms with Crippen LogP contribution < -0.4 is 10.7 Å². The normalized spacial score (nSPS) is 16.4. The molecule has 11 heteroatoms. The maximum Gasteiger partial charge on any atom is 0.417 e. The van der Waals surface area contributed by atoms with Crippen LogP contribution in [0.4, 0.5) is 18.9 Å². The van der Waals surface area contributed by atoms with E-state index in [1.165, 1.54) is 28.6 Å². The number of alkyl halides is 3. The number of hydrogen-bond acceptors (Lipinski definition) is 5. The minimum Gasteiger partial charge on any atom is -0.408 e. The van der Waals surface area contributed by atoms with Gasteiger partial charge >= 0.3 is 11.9 Å². The fourth-order valence-corrected chi connectivity index (χ4v) is 4.74. The Morgan fingerprint density at radius 1 is 1.00 bits per heavy atom. The molecule has 0 spiro atoms. The number of piperazine rings is 1. The Labute approximate surface area is 163 Å². The molecule has 29 heavy (non-hydrogen) atoms. The number of H-pyrrole nitrogens is 1. The van der Waals surface area contributed by atoms with Crippen LogP contribution in [0.5, 0.6) is 0 Å². The quantitative estimate of drug-likeness (QED) is 0.695. The number of fused-ring (bicyclic) bond motifs is 1. The molecule has 1 aliphatic rings. The topological polar surface area (TPSA) is 86.6 Å². The zero-order valence-corrected chi connectivity index (χ0v) is 15.8. The lowest BCUT2D eigenvalue weighted by atomic mass is 10.1. The van der Waals surface area contributed by atoms with Gasteiger partial charge in [0.25, 0.3) is 0 Å². The van der Waals surface area contributed by atoms with Crippen molar-refractivity contribution in [2.75, 3.05) is 31.1 Å². The molecule has 0 atom stereocenters. The lowest BCUT2D eigenvalue weighted by Gasteiger charge is -2.35. The summed E-state index contributed by atoms with van der Waals surface area (Å²) in [5.74, 6) is -0.677. The summed E-state index contributed by atoms with van der Waals surface area (Å²) in [7, 11) is -3.83. The van der Waals surface area contributed by atoms with Crippen LogP contribution >= 0.6 is 0 Å². The first-order valence-corrected chi connectivity index (χ1v) is 10.1. The minimum absolute atomic E-state index is 0.0136. The van der Waals surface area contributed by atoms with E-state index in [-0.39, 0.29) is 36.7 Å². The van der Waals surface area contributed by atoms with Gasteiger partial charge in [-0.2, -0.15) is 17.5 Å². The van der Waals surface area contributed by atoms with Crippen molar-refractivity contribution in [1.82, 2.24) is 9.29 Å². The summed E-state index contributed by atoms with van der Waals surface area (Å²) in [6.07, 6.45) is -4.44. The summed E-state index contributed by atoms with van der Waals surface area (Å²) < 4.78 is 70.7. The van der Waals surface area contributed by atoms with E-state index in [0.717, 1.165) is 12.1 Å². The molecular formula is C18H16F3N3O4S. The van der Waals surface area contributed by atoms with E-state index in [2.05, 4.69) is 4.98 Å². The van der Waals surface area contributed by atoms with Crippen molar-refractivity contribution in [2.45, 2.75) is 11.1 Å². The Hall–Kier alpha value is -2.79. The molecule has 0 amide bonds. The van der Waals surface area contributed by atoms with Crippen LogP contribution in [0.15, 0.2) is 56.6 Å². The van der Waals surface area contributed by atoms with Crippen molar-refractivity contribution < 1.29 is 26.0 Å². The molecule has 154 valence electrons. The van der Waals surface area contributed by atoms with Crippen molar-refractivity contribution in [2.24, 2.45) is 0 Å². The first-order valence-electron chi connectivity index (χ1n) is 8.70. The first kappa shape index (κ1) is 19.5. The molecular weight excluding hydrogens is 411 g/mol. The molecule has 1 aromatic heterocycles. The number of oxazole rings is 1. The van der Waals surface area contributed by atoms with Crippen LogP contribution in [-0.4, -0.2) is 43.9 Å². The van der Waals surface area contributed by atoms with E-state index in [1.54, 1.807) is 11.0 Å². The van der Waals surface area contributed by atoms with Crippen molar-refractivity contribution in [3.05, 3.63) is 58.6 Å². The van der Waals surface area contributed by atoms with E-state index >= 15 is 0 Å². The van der Waals surface area contributed by atoms with Crippen LogP contribution in [-0.2, 0) is 16.2 Å². The second-order valence-corrected chi connectivity index (χ2v) is 8.55. The number of nitrogens with zero attached hydrogens (tertiary/aromatic N) is 2. The molecule has 3 aromatic rings. The van der Waals surface area contributed by atoms with Gasteiger partial charge in [0, 0.05) is 37.9 Å². The highest BCUT2D eigenvalue weighted by molar-refractivity contribution is 7.89. The van der Waals surface area contributed by atoms with Gasteiger partial charge < -0.3 is 9.32 Å². The minimum atomic E-state index is -4.44. The summed E-state index contributed by atoms with van der Waals surface area (Å²) in [4.78, 5) is 15.4. The van der Waals surface area contributed by atoms with E-state index in [0.29, 0.717) is 11.2 Å². The predicted molar refractivity (Wildman–Crippen MR) is 99.3 cm³/mol. The Bertz CT molecular complexity index is 1210. The van der Waals surface area contributed by atoms with E-state index in [1.807, 2.05) is 0 Å². The lowest BCUT2D eigenvalue weighted by molar-refractivity contribution is -0.137. The molecule has 2 heterocycles. The molecule has 7 nitrogen and oxygen atoms in total. The molecule has 0 bridgehead atoms. The molecule has 1 saturated heterocycles. The van der Waals surface area contributed by atoms with Gasteiger partial charge in [-0.1, -0.05) is 6.07 Å². The summed E-state index contributed by atoms with van der Waals surface area (Å²) in [6.45, 7) is 0.742. The summed E-state index contributed by atoms with van der Waals surface area (Å²) in [6, 6.07) is 9.07. The van der Waals surface area contributed by atoms with Gasteiger partial charge in [0.15, 0.2) is 5.58 Å². The van der Waals surface area contributed by atoms with Crippen LogP contribution in [0.25, 0.3) is 11.1 Å². The van der Waals surface area contributed by atoms with Crippen molar-refractivity contribution in [1.29, 1.82) is 0 Å². The third-order valence-electron chi connectivity index (χ3n) is 4.81. The maximum atomic E-state index is 12.9. The number of halogens is 3. The highest BCUT2D eigenvalue weighted by atomic mass is 32.2. The van der Waals surface area contributed by atoms with E-state index < -0.39 is 27.5 Å². The molecule has 1 fully saturated rings. The van der Waals surface area contributed by atoms with Crippen molar-refractivity contribution >= 4 is 26.8 Å².